The van der Waals surface area contributed by atoms with Crippen molar-refractivity contribution >= 4 is 11.6 Å². The zero-order chi connectivity index (χ0) is 21.8. The highest BCUT2D eigenvalue weighted by atomic mass is 16.6. The molecule has 5 rings (SSSR count). The summed E-state index contributed by atoms with van der Waals surface area (Å²) in [4.78, 5) is 17.9. The van der Waals surface area contributed by atoms with Crippen molar-refractivity contribution in [1.82, 2.24) is 4.90 Å². The average molecular weight is 429 g/mol. The number of carbonyl (C=O) groups excluding carboxylic acids is 1. The molecule has 3 aromatic carbocycles. The van der Waals surface area contributed by atoms with Gasteiger partial charge in [-0.25, -0.2) is 0 Å². The second-order valence-electron chi connectivity index (χ2n) is 8.36. The lowest BCUT2D eigenvalue weighted by atomic mass is 10.00. The lowest BCUT2D eigenvalue weighted by Gasteiger charge is -2.38. The maximum Gasteiger partial charge on any atom is 0.258 e. The first-order valence-corrected chi connectivity index (χ1v) is 11.3. The summed E-state index contributed by atoms with van der Waals surface area (Å²) < 4.78 is 11.4. The Bertz CT molecular complexity index is 1050. The molecule has 0 unspecified atom stereocenters. The van der Waals surface area contributed by atoms with Crippen LogP contribution >= 0.6 is 0 Å². The second-order valence-corrected chi connectivity index (χ2v) is 8.36. The van der Waals surface area contributed by atoms with Crippen LogP contribution in [0, 0.1) is 0 Å². The molecule has 1 saturated heterocycles. The van der Waals surface area contributed by atoms with Gasteiger partial charge in [-0.1, -0.05) is 42.5 Å². The first kappa shape index (κ1) is 20.6. The molecule has 3 aromatic rings. The molecular formula is C27H28N2O3. The van der Waals surface area contributed by atoms with E-state index in [0.717, 1.165) is 55.2 Å². The van der Waals surface area contributed by atoms with Gasteiger partial charge < -0.3 is 14.4 Å². The molecular weight excluding hydrogens is 400 g/mol. The summed E-state index contributed by atoms with van der Waals surface area (Å²) in [6.45, 7) is 3.99. The highest BCUT2D eigenvalue weighted by Gasteiger charge is 2.30. The molecule has 2 aliphatic rings. The number of piperidine rings is 1. The Balaban J connectivity index is 1.28. The van der Waals surface area contributed by atoms with Crippen molar-refractivity contribution in [3.8, 4) is 11.5 Å². The van der Waals surface area contributed by atoms with E-state index in [1.165, 1.54) is 5.56 Å². The molecule has 1 amide bonds. The molecule has 1 fully saturated rings. The molecule has 0 atom stereocenters. The number of benzene rings is 3. The summed E-state index contributed by atoms with van der Waals surface area (Å²) >= 11 is 0. The fourth-order valence-corrected chi connectivity index (χ4v) is 4.58. The van der Waals surface area contributed by atoms with Gasteiger partial charge in [-0.15, -0.1) is 0 Å². The Morgan fingerprint density at radius 1 is 0.844 bits per heavy atom. The zero-order valence-corrected chi connectivity index (χ0v) is 18.2. The highest BCUT2D eigenvalue weighted by Crippen LogP contribution is 2.32. The smallest absolute Gasteiger partial charge is 0.258 e. The summed E-state index contributed by atoms with van der Waals surface area (Å²) in [5, 5.41) is 0. The molecule has 5 heteroatoms. The van der Waals surface area contributed by atoms with Crippen LogP contribution in [0.5, 0.6) is 11.5 Å². The number of nitrogens with zero attached hydrogens (tertiary/aromatic N) is 2. The maximum absolute atomic E-state index is 13.4. The van der Waals surface area contributed by atoms with Gasteiger partial charge in [0.15, 0.2) is 11.5 Å². The van der Waals surface area contributed by atoms with E-state index in [0.29, 0.717) is 13.2 Å². The summed E-state index contributed by atoms with van der Waals surface area (Å²) in [5.41, 5.74) is 2.93. The minimum absolute atomic E-state index is 0.0714. The number of likely N-dealkylation sites (tertiary alicyclic amines) is 1. The van der Waals surface area contributed by atoms with Crippen LogP contribution < -0.4 is 14.4 Å². The van der Waals surface area contributed by atoms with Gasteiger partial charge in [-0.3, -0.25) is 9.69 Å². The summed E-state index contributed by atoms with van der Waals surface area (Å²) in [7, 11) is 0. The molecule has 0 radical (unpaired) electrons. The average Bonchev–Trinajstić information content (AvgIpc) is 2.86. The molecule has 0 aliphatic carbocycles. The van der Waals surface area contributed by atoms with Crippen molar-refractivity contribution in [2.75, 3.05) is 31.2 Å². The van der Waals surface area contributed by atoms with E-state index in [1.54, 1.807) is 0 Å². The normalized spacial score (nSPS) is 16.5. The molecule has 0 N–H and O–H groups in total. The van der Waals surface area contributed by atoms with Crippen LogP contribution in [0.2, 0.25) is 0 Å². The number of carbonyl (C=O) groups is 1. The number of rotatable bonds is 5. The van der Waals surface area contributed by atoms with Gasteiger partial charge in [0.2, 0.25) is 0 Å². The van der Waals surface area contributed by atoms with Crippen LogP contribution in [-0.4, -0.2) is 43.2 Å². The third kappa shape index (κ3) is 4.48. The largest absolute Gasteiger partial charge is 0.486 e. The summed E-state index contributed by atoms with van der Waals surface area (Å²) in [6, 6.07) is 26.0. The Hall–Kier alpha value is -3.31. The van der Waals surface area contributed by atoms with Crippen LogP contribution in [0.3, 0.4) is 0 Å². The van der Waals surface area contributed by atoms with Crippen molar-refractivity contribution in [3.63, 3.8) is 0 Å². The number of para-hydroxylation sites is 1. The number of fused-ring (bicyclic) bond motifs is 1. The van der Waals surface area contributed by atoms with Crippen LogP contribution in [0.25, 0.3) is 0 Å². The van der Waals surface area contributed by atoms with E-state index in [-0.39, 0.29) is 11.9 Å². The van der Waals surface area contributed by atoms with E-state index in [1.807, 2.05) is 71.6 Å². The molecule has 0 bridgehead atoms. The highest BCUT2D eigenvalue weighted by molar-refractivity contribution is 6.06. The van der Waals surface area contributed by atoms with Crippen LogP contribution in [0.4, 0.5) is 5.69 Å². The third-order valence-corrected chi connectivity index (χ3v) is 6.21. The van der Waals surface area contributed by atoms with E-state index in [2.05, 4.69) is 17.0 Å². The summed E-state index contributed by atoms with van der Waals surface area (Å²) in [5.74, 6) is 1.74. The van der Waals surface area contributed by atoms with E-state index in [4.69, 9.17) is 9.47 Å². The van der Waals surface area contributed by atoms with Crippen LogP contribution in [-0.2, 0) is 6.54 Å². The predicted octanol–water partition coefficient (Wildman–Crippen LogP) is 4.77. The second kappa shape index (κ2) is 9.45. The third-order valence-electron chi connectivity index (χ3n) is 6.21. The number of amides is 1. The zero-order valence-electron chi connectivity index (χ0n) is 18.2. The topological polar surface area (TPSA) is 42.0 Å². The molecule has 164 valence electrons. The fourth-order valence-electron chi connectivity index (χ4n) is 4.58. The summed E-state index contributed by atoms with van der Waals surface area (Å²) in [6.07, 6.45) is 1.88. The van der Waals surface area contributed by atoms with Crippen LogP contribution in [0.15, 0.2) is 78.9 Å². The predicted molar refractivity (Wildman–Crippen MR) is 125 cm³/mol. The Morgan fingerprint density at radius 3 is 2.22 bits per heavy atom. The monoisotopic (exact) mass is 428 g/mol. The van der Waals surface area contributed by atoms with E-state index >= 15 is 0 Å². The standard InChI is InChI=1S/C27H28N2O3/c30-27(22-7-3-1-4-8-22)29(23-9-5-2-6-10-23)24-13-15-28(16-14-24)20-21-11-12-25-26(19-21)32-18-17-31-25/h1-12,19,24H,13-18,20H2. The van der Waals surface area contributed by atoms with Crippen LogP contribution in [0.1, 0.15) is 28.8 Å². The maximum atomic E-state index is 13.4. The molecule has 0 aromatic heterocycles. The van der Waals surface area contributed by atoms with Gasteiger partial charge in [0.05, 0.1) is 0 Å². The van der Waals surface area contributed by atoms with Crippen molar-refractivity contribution in [2.45, 2.75) is 25.4 Å². The number of ether oxygens (including phenoxy) is 2. The van der Waals surface area contributed by atoms with Gasteiger partial charge in [0.1, 0.15) is 13.2 Å². The van der Waals surface area contributed by atoms with Crippen molar-refractivity contribution in [3.05, 3.63) is 90.0 Å². The van der Waals surface area contributed by atoms with Gasteiger partial charge in [0.25, 0.3) is 5.91 Å². The van der Waals surface area contributed by atoms with E-state index < -0.39 is 0 Å². The van der Waals surface area contributed by atoms with E-state index in [9.17, 15) is 4.79 Å². The Morgan fingerprint density at radius 2 is 1.50 bits per heavy atom. The van der Waals surface area contributed by atoms with Crippen molar-refractivity contribution < 1.29 is 14.3 Å². The minimum atomic E-state index is 0.0714. The fraction of sp³-hybridized carbons (Fsp3) is 0.296. The molecule has 5 nitrogen and oxygen atoms in total. The molecule has 0 spiro atoms. The van der Waals surface area contributed by atoms with Crippen molar-refractivity contribution in [1.29, 1.82) is 0 Å². The Kier molecular flexibility index (Phi) is 6.08. The molecule has 2 aliphatic heterocycles. The van der Waals surface area contributed by atoms with Gasteiger partial charge in [-0.2, -0.15) is 0 Å². The quantitative estimate of drug-likeness (QED) is 0.587. The minimum Gasteiger partial charge on any atom is -0.486 e. The van der Waals surface area contributed by atoms with Gasteiger partial charge >= 0.3 is 0 Å². The number of hydrogen-bond acceptors (Lipinski definition) is 4. The SMILES string of the molecule is O=C(c1ccccc1)N(c1ccccc1)C1CCN(Cc2ccc3c(c2)OCCO3)CC1. The molecule has 0 saturated carbocycles. The number of anilines is 1. The number of hydrogen-bond donors (Lipinski definition) is 0. The van der Waals surface area contributed by atoms with Gasteiger partial charge in [0, 0.05) is 36.9 Å². The van der Waals surface area contributed by atoms with Gasteiger partial charge in [-0.05, 0) is 54.8 Å². The lowest BCUT2D eigenvalue weighted by Crippen LogP contribution is -2.47. The molecule has 32 heavy (non-hydrogen) atoms. The molecule has 2 heterocycles. The Labute approximate surface area is 189 Å². The lowest BCUT2D eigenvalue weighted by molar-refractivity contribution is 0.0958. The first-order chi connectivity index (χ1) is 15.8. The van der Waals surface area contributed by atoms with Crippen molar-refractivity contribution in [2.24, 2.45) is 0 Å². The first-order valence-electron chi connectivity index (χ1n) is 11.3.